The largest absolute Gasteiger partial charge is 0.347 e. The summed E-state index contributed by atoms with van der Waals surface area (Å²) in [5, 5.41) is 8.18. The Hall–Kier alpha value is -3.00. The topological polar surface area (TPSA) is 88.9 Å². The van der Waals surface area contributed by atoms with Crippen LogP contribution in [0.5, 0.6) is 0 Å². The SMILES string of the molecule is Cc1cccc(NC(=O)c2csc([C@@H](NC(=O)c3cccn3C)C(C)C)n2)n1. The molecule has 0 unspecified atom stereocenters. The second kappa shape index (κ2) is 8.35. The van der Waals surface area contributed by atoms with Crippen molar-refractivity contribution in [1.29, 1.82) is 0 Å². The van der Waals surface area contributed by atoms with Crippen LogP contribution in [0.2, 0.25) is 0 Å². The Kier molecular flexibility index (Phi) is 5.89. The molecule has 0 fully saturated rings. The number of thiazole rings is 1. The van der Waals surface area contributed by atoms with E-state index in [1.165, 1.54) is 11.3 Å². The molecule has 0 spiro atoms. The number of nitrogens with zero attached hydrogens (tertiary/aromatic N) is 3. The molecule has 3 heterocycles. The van der Waals surface area contributed by atoms with Crippen molar-refractivity contribution >= 4 is 29.0 Å². The highest BCUT2D eigenvalue weighted by Gasteiger charge is 2.24. The second-order valence-corrected chi connectivity index (χ2v) is 7.78. The Morgan fingerprint density at radius 1 is 1.11 bits per heavy atom. The summed E-state index contributed by atoms with van der Waals surface area (Å²) in [6.45, 7) is 5.88. The molecular weight excluding hydrogens is 374 g/mol. The van der Waals surface area contributed by atoms with Crippen LogP contribution in [0.3, 0.4) is 0 Å². The molecule has 28 heavy (non-hydrogen) atoms. The average molecular weight is 398 g/mol. The molecule has 0 aromatic carbocycles. The minimum atomic E-state index is -0.322. The first-order valence-electron chi connectivity index (χ1n) is 8.97. The summed E-state index contributed by atoms with van der Waals surface area (Å²) >= 11 is 1.36. The lowest BCUT2D eigenvalue weighted by Crippen LogP contribution is -2.32. The number of aryl methyl sites for hydroxylation is 2. The highest BCUT2D eigenvalue weighted by molar-refractivity contribution is 7.10. The normalized spacial score (nSPS) is 12.0. The van der Waals surface area contributed by atoms with Gasteiger partial charge in [0.15, 0.2) is 0 Å². The van der Waals surface area contributed by atoms with Gasteiger partial charge in [0.05, 0.1) is 6.04 Å². The smallest absolute Gasteiger partial charge is 0.276 e. The monoisotopic (exact) mass is 397 g/mol. The molecule has 0 radical (unpaired) electrons. The van der Waals surface area contributed by atoms with Gasteiger partial charge in [-0.2, -0.15) is 0 Å². The van der Waals surface area contributed by atoms with Gasteiger partial charge in [0.1, 0.15) is 22.2 Å². The number of rotatable bonds is 6. The van der Waals surface area contributed by atoms with E-state index in [1.807, 2.05) is 52.2 Å². The van der Waals surface area contributed by atoms with Crippen molar-refractivity contribution < 1.29 is 9.59 Å². The highest BCUT2D eigenvalue weighted by atomic mass is 32.1. The zero-order chi connectivity index (χ0) is 20.3. The molecule has 0 bridgehead atoms. The Morgan fingerprint density at radius 2 is 1.89 bits per heavy atom. The summed E-state index contributed by atoms with van der Waals surface area (Å²) in [6, 6.07) is 8.73. The summed E-state index contributed by atoms with van der Waals surface area (Å²) < 4.78 is 1.77. The van der Waals surface area contributed by atoms with Gasteiger partial charge < -0.3 is 15.2 Å². The maximum atomic E-state index is 12.6. The van der Waals surface area contributed by atoms with Crippen LogP contribution >= 0.6 is 11.3 Å². The third-order valence-corrected chi connectivity index (χ3v) is 5.21. The lowest BCUT2D eigenvalue weighted by Gasteiger charge is -2.20. The van der Waals surface area contributed by atoms with Crippen molar-refractivity contribution in [3.05, 3.63) is 64.0 Å². The summed E-state index contributed by atoms with van der Waals surface area (Å²) in [4.78, 5) is 33.8. The van der Waals surface area contributed by atoms with Gasteiger partial charge in [0.2, 0.25) is 0 Å². The fourth-order valence-corrected chi connectivity index (χ4v) is 3.77. The third kappa shape index (κ3) is 4.45. The molecule has 3 aromatic heterocycles. The number of aromatic nitrogens is 3. The van der Waals surface area contributed by atoms with Gasteiger partial charge in [0.25, 0.3) is 11.8 Å². The Morgan fingerprint density at radius 3 is 2.54 bits per heavy atom. The van der Waals surface area contributed by atoms with Gasteiger partial charge >= 0.3 is 0 Å². The van der Waals surface area contributed by atoms with Crippen molar-refractivity contribution in [1.82, 2.24) is 19.9 Å². The van der Waals surface area contributed by atoms with Crippen LogP contribution in [-0.4, -0.2) is 26.3 Å². The zero-order valence-corrected chi connectivity index (χ0v) is 17.1. The molecule has 8 heteroatoms. The van der Waals surface area contributed by atoms with Crippen LogP contribution in [0.1, 0.15) is 51.6 Å². The van der Waals surface area contributed by atoms with Gasteiger partial charge in [-0.05, 0) is 37.1 Å². The Bertz CT molecular complexity index is 992. The van der Waals surface area contributed by atoms with Gasteiger partial charge in [0, 0.05) is 24.3 Å². The number of amides is 2. The molecule has 3 aromatic rings. The van der Waals surface area contributed by atoms with Crippen molar-refractivity contribution in [2.24, 2.45) is 13.0 Å². The van der Waals surface area contributed by atoms with Crippen LogP contribution in [0.4, 0.5) is 5.82 Å². The van der Waals surface area contributed by atoms with E-state index in [0.717, 1.165) is 5.69 Å². The Balaban J connectivity index is 1.74. The fourth-order valence-electron chi connectivity index (χ4n) is 2.75. The van der Waals surface area contributed by atoms with Gasteiger partial charge in [-0.3, -0.25) is 9.59 Å². The molecule has 1 atom stereocenters. The van der Waals surface area contributed by atoms with Gasteiger partial charge in [-0.25, -0.2) is 9.97 Å². The first-order valence-corrected chi connectivity index (χ1v) is 9.85. The summed E-state index contributed by atoms with van der Waals surface area (Å²) in [5.74, 6) is 0.106. The number of hydrogen-bond donors (Lipinski definition) is 2. The van der Waals surface area contributed by atoms with Crippen LogP contribution in [0, 0.1) is 12.8 Å². The Labute approximate surface area is 167 Å². The van der Waals surface area contributed by atoms with E-state index in [9.17, 15) is 9.59 Å². The molecule has 7 nitrogen and oxygen atoms in total. The summed E-state index contributed by atoms with van der Waals surface area (Å²) in [5.41, 5.74) is 1.70. The fraction of sp³-hybridized carbons (Fsp3) is 0.300. The molecule has 0 saturated carbocycles. The molecule has 0 aliphatic heterocycles. The predicted octanol–water partition coefficient (Wildman–Crippen LogP) is 3.56. The first kappa shape index (κ1) is 19.8. The molecule has 0 saturated heterocycles. The van der Waals surface area contributed by atoms with Crippen LogP contribution < -0.4 is 10.6 Å². The van der Waals surface area contributed by atoms with Gasteiger partial charge in [-0.1, -0.05) is 19.9 Å². The molecular formula is C20H23N5O2S. The van der Waals surface area contributed by atoms with Crippen molar-refractivity contribution in [3.63, 3.8) is 0 Å². The van der Waals surface area contributed by atoms with Crippen LogP contribution in [0.15, 0.2) is 41.9 Å². The predicted molar refractivity (Wildman–Crippen MR) is 109 cm³/mol. The van der Waals surface area contributed by atoms with Crippen molar-refractivity contribution in [2.45, 2.75) is 26.8 Å². The molecule has 0 aliphatic rings. The van der Waals surface area contributed by atoms with Crippen molar-refractivity contribution in [3.8, 4) is 0 Å². The summed E-state index contributed by atoms with van der Waals surface area (Å²) in [7, 11) is 1.82. The van der Waals surface area contributed by atoms with E-state index in [-0.39, 0.29) is 23.8 Å². The number of carbonyl (C=O) groups excluding carboxylic acids is 2. The van der Waals surface area contributed by atoms with Crippen LogP contribution in [0.25, 0.3) is 0 Å². The minimum absolute atomic E-state index is 0.115. The maximum absolute atomic E-state index is 12.6. The molecule has 3 rings (SSSR count). The number of pyridine rings is 1. The van der Waals surface area contributed by atoms with E-state index in [2.05, 4.69) is 20.6 Å². The second-order valence-electron chi connectivity index (χ2n) is 6.89. The minimum Gasteiger partial charge on any atom is -0.347 e. The lowest BCUT2D eigenvalue weighted by molar-refractivity contribution is 0.0917. The molecule has 146 valence electrons. The van der Waals surface area contributed by atoms with E-state index in [0.29, 0.717) is 22.2 Å². The third-order valence-electron chi connectivity index (χ3n) is 4.28. The van der Waals surface area contributed by atoms with Crippen molar-refractivity contribution in [2.75, 3.05) is 5.32 Å². The van der Waals surface area contributed by atoms with E-state index < -0.39 is 0 Å². The molecule has 2 N–H and O–H groups in total. The maximum Gasteiger partial charge on any atom is 0.276 e. The van der Waals surface area contributed by atoms with E-state index in [4.69, 9.17) is 0 Å². The highest BCUT2D eigenvalue weighted by Crippen LogP contribution is 2.26. The quantitative estimate of drug-likeness (QED) is 0.665. The summed E-state index contributed by atoms with van der Waals surface area (Å²) in [6.07, 6.45) is 1.82. The number of carbonyl (C=O) groups is 2. The van der Waals surface area contributed by atoms with Crippen LogP contribution in [-0.2, 0) is 7.05 Å². The van der Waals surface area contributed by atoms with E-state index in [1.54, 1.807) is 22.1 Å². The van der Waals surface area contributed by atoms with Gasteiger partial charge in [-0.15, -0.1) is 11.3 Å². The van der Waals surface area contributed by atoms with E-state index >= 15 is 0 Å². The first-order chi connectivity index (χ1) is 13.3. The molecule has 2 amide bonds. The average Bonchev–Trinajstić information content (AvgIpc) is 3.28. The number of nitrogens with one attached hydrogen (secondary N) is 2. The standard InChI is InChI=1S/C20H23N5O2S/c1-12(2)17(24-19(27)15-8-6-10-25(15)4)20-22-14(11-28-20)18(26)23-16-9-5-7-13(3)21-16/h5-12,17H,1-4H3,(H,24,27)(H,21,23,26)/t17-/m0/s1. The molecule has 0 aliphatic carbocycles. The number of anilines is 1. The lowest BCUT2D eigenvalue weighted by atomic mass is 10.0. The zero-order valence-electron chi connectivity index (χ0n) is 16.3. The number of hydrogen-bond acceptors (Lipinski definition) is 5.